The van der Waals surface area contributed by atoms with Gasteiger partial charge in [0, 0.05) is 31.7 Å². The van der Waals surface area contributed by atoms with E-state index < -0.39 is 70.6 Å². The Balaban J connectivity index is 1.66. The van der Waals surface area contributed by atoms with Crippen LogP contribution >= 0.6 is 0 Å². The minimum Gasteiger partial charge on any atom is -0.476 e. The number of halogens is 3. The lowest BCUT2D eigenvalue weighted by molar-refractivity contribution is -0.138. The molecule has 0 aliphatic carbocycles. The molecule has 0 radical (unpaired) electrons. The number of nitrogens with zero attached hydrogens (tertiary/aromatic N) is 3. The SMILES string of the molecule is CC(C)N(C(=O)c1cc2c(cc1C(F)(F)F)OC(C)(C)C(=O)N2C[C@H](C)NC(=O)OCc1ccccc1)[C@@H]1CCCN(C(=O)OC(C)(C)C)C1. The van der Waals surface area contributed by atoms with Gasteiger partial charge in [0.2, 0.25) is 0 Å². The van der Waals surface area contributed by atoms with Crippen molar-refractivity contribution in [2.24, 2.45) is 0 Å². The number of anilines is 1. The molecule has 2 aliphatic rings. The summed E-state index contributed by atoms with van der Waals surface area (Å²) in [6.07, 6.45) is -5.29. The number of ether oxygens (including phenoxy) is 3. The van der Waals surface area contributed by atoms with Crippen molar-refractivity contribution in [1.29, 1.82) is 0 Å². The fourth-order valence-corrected chi connectivity index (χ4v) is 6.13. The molecule has 1 saturated heterocycles. The lowest BCUT2D eigenvalue weighted by Gasteiger charge is -2.42. The first-order valence-electron chi connectivity index (χ1n) is 16.7. The van der Waals surface area contributed by atoms with Crippen LogP contribution < -0.4 is 15.0 Å². The molecule has 2 aromatic rings. The Hall–Kier alpha value is -4.49. The lowest BCUT2D eigenvalue weighted by atomic mass is 9.96. The molecule has 274 valence electrons. The number of benzene rings is 2. The molecule has 0 bridgehead atoms. The number of hydrogen-bond acceptors (Lipinski definition) is 7. The molecule has 11 nitrogen and oxygen atoms in total. The highest BCUT2D eigenvalue weighted by atomic mass is 19.4. The fraction of sp³-hybridized carbons (Fsp3) is 0.556. The molecule has 50 heavy (non-hydrogen) atoms. The molecule has 0 spiro atoms. The maximum absolute atomic E-state index is 14.7. The summed E-state index contributed by atoms with van der Waals surface area (Å²) in [5.74, 6) is -1.71. The first-order valence-corrected chi connectivity index (χ1v) is 16.7. The molecule has 2 aromatic carbocycles. The molecule has 0 aromatic heterocycles. The van der Waals surface area contributed by atoms with Crippen LogP contribution in [0.2, 0.25) is 0 Å². The van der Waals surface area contributed by atoms with E-state index in [0.29, 0.717) is 19.4 Å². The monoisotopic (exact) mass is 704 g/mol. The van der Waals surface area contributed by atoms with Crippen LogP contribution in [-0.4, -0.2) is 82.8 Å². The van der Waals surface area contributed by atoms with Crippen molar-refractivity contribution in [3.8, 4) is 5.75 Å². The normalized spacial score (nSPS) is 18.2. The Kier molecular flexibility index (Phi) is 11.3. The predicted molar refractivity (Wildman–Crippen MR) is 180 cm³/mol. The van der Waals surface area contributed by atoms with Crippen molar-refractivity contribution in [2.45, 2.75) is 110 Å². The molecular weight excluding hydrogens is 657 g/mol. The van der Waals surface area contributed by atoms with Gasteiger partial charge in [-0.3, -0.25) is 9.59 Å². The van der Waals surface area contributed by atoms with E-state index in [4.69, 9.17) is 14.2 Å². The van der Waals surface area contributed by atoms with Crippen LogP contribution in [0.4, 0.5) is 28.4 Å². The average Bonchev–Trinajstić information content (AvgIpc) is 3.01. The van der Waals surface area contributed by atoms with E-state index in [2.05, 4.69) is 5.32 Å². The van der Waals surface area contributed by atoms with Crippen molar-refractivity contribution in [1.82, 2.24) is 15.1 Å². The Morgan fingerprint density at radius 2 is 1.74 bits per heavy atom. The van der Waals surface area contributed by atoms with Gasteiger partial charge in [0.25, 0.3) is 11.8 Å². The van der Waals surface area contributed by atoms with Crippen LogP contribution in [-0.2, 0) is 27.1 Å². The highest BCUT2D eigenvalue weighted by Gasteiger charge is 2.46. The molecule has 2 aliphatic heterocycles. The molecule has 4 amide bonds. The summed E-state index contributed by atoms with van der Waals surface area (Å²) in [5, 5.41) is 2.66. The Labute approximate surface area is 291 Å². The molecule has 2 atom stereocenters. The highest BCUT2D eigenvalue weighted by molar-refractivity contribution is 6.05. The number of amides is 4. The van der Waals surface area contributed by atoms with Crippen LogP contribution in [0.3, 0.4) is 0 Å². The first kappa shape index (κ1) is 38.3. The standard InChI is InChI=1S/C36H47F3N4O7/c1-22(2)43(25-15-12-16-41(20-25)33(47)50-34(4,5)6)30(44)26-17-28-29(18-27(26)36(37,38)39)49-35(7,8)31(45)42(28)19-23(3)40-32(46)48-21-24-13-10-9-11-14-24/h9-11,13-14,17-18,22-23,25H,12,15-16,19-21H2,1-8H3,(H,40,46)/t23-,25+/m0/s1. The smallest absolute Gasteiger partial charge is 0.417 e. The molecule has 2 heterocycles. The van der Waals surface area contributed by atoms with Crippen LogP contribution in [0.15, 0.2) is 42.5 Å². The Bertz CT molecular complexity index is 1570. The van der Waals surface area contributed by atoms with Crippen LogP contribution in [0.5, 0.6) is 5.75 Å². The van der Waals surface area contributed by atoms with Gasteiger partial charge in [0.1, 0.15) is 18.0 Å². The average molecular weight is 705 g/mol. The Morgan fingerprint density at radius 3 is 2.34 bits per heavy atom. The van der Waals surface area contributed by atoms with E-state index in [1.165, 1.54) is 28.5 Å². The number of nitrogens with one attached hydrogen (secondary N) is 1. The third kappa shape index (κ3) is 9.19. The van der Waals surface area contributed by atoms with Crippen molar-refractivity contribution >= 4 is 29.7 Å². The summed E-state index contributed by atoms with van der Waals surface area (Å²) in [6.45, 7) is 13.4. The van der Waals surface area contributed by atoms with E-state index in [-0.39, 0.29) is 31.1 Å². The van der Waals surface area contributed by atoms with Gasteiger partial charge in [-0.05, 0) is 85.9 Å². The van der Waals surface area contributed by atoms with Gasteiger partial charge in [-0.1, -0.05) is 30.3 Å². The van der Waals surface area contributed by atoms with Gasteiger partial charge in [-0.25, -0.2) is 9.59 Å². The number of rotatable bonds is 8. The van der Waals surface area contributed by atoms with Crippen LogP contribution in [0.25, 0.3) is 0 Å². The second-order valence-corrected chi connectivity index (χ2v) is 14.5. The third-order valence-corrected chi connectivity index (χ3v) is 8.32. The maximum atomic E-state index is 14.7. The van der Waals surface area contributed by atoms with Gasteiger partial charge in [0.05, 0.1) is 22.9 Å². The minimum absolute atomic E-state index is 0.0142. The number of alkyl halides is 3. The molecular formula is C36H47F3N4O7. The topological polar surface area (TPSA) is 118 Å². The Morgan fingerprint density at radius 1 is 1.08 bits per heavy atom. The number of hydrogen-bond donors (Lipinski definition) is 1. The summed E-state index contributed by atoms with van der Waals surface area (Å²) < 4.78 is 60.7. The third-order valence-electron chi connectivity index (χ3n) is 8.32. The van der Waals surface area contributed by atoms with Gasteiger partial charge in [-0.15, -0.1) is 0 Å². The number of carbonyl (C=O) groups excluding carboxylic acids is 4. The summed E-state index contributed by atoms with van der Waals surface area (Å²) in [6, 6.07) is 8.97. The number of alkyl carbamates (subject to hydrolysis) is 1. The van der Waals surface area contributed by atoms with E-state index in [0.717, 1.165) is 17.7 Å². The summed E-state index contributed by atoms with van der Waals surface area (Å²) in [7, 11) is 0. The summed E-state index contributed by atoms with van der Waals surface area (Å²) in [5.41, 5.74) is -3.45. The second-order valence-electron chi connectivity index (χ2n) is 14.5. The van der Waals surface area contributed by atoms with Crippen LogP contribution in [0.1, 0.15) is 89.7 Å². The summed E-state index contributed by atoms with van der Waals surface area (Å²) in [4.78, 5) is 57.5. The maximum Gasteiger partial charge on any atom is 0.417 e. The fourth-order valence-electron chi connectivity index (χ4n) is 6.13. The van der Waals surface area contributed by atoms with Crippen molar-refractivity contribution in [2.75, 3.05) is 24.5 Å². The lowest BCUT2D eigenvalue weighted by Crippen LogP contribution is -2.56. The van der Waals surface area contributed by atoms with E-state index >= 15 is 0 Å². The zero-order chi connectivity index (χ0) is 37.2. The molecule has 1 N–H and O–H groups in total. The number of fused-ring (bicyclic) bond motifs is 1. The van der Waals surface area contributed by atoms with Gasteiger partial charge in [0.15, 0.2) is 5.60 Å². The molecule has 0 saturated carbocycles. The van der Waals surface area contributed by atoms with E-state index in [9.17, 15) is 32.3 Å². The molecule has 14 heteroatoms. The number of likely N-dealkylation sites (tertiary alicyclic amines) is 1. The van der Waals surface area contributed by atoms with Crippen molar-refractivity contribution in [3.05, 3.63) is 59.2 Å². The minimum atomic E-state index is -4.95. The quantitative estimate of drug-likeness (QED) is 0.322. The first-order chi connectivity index (χ1) is 23.2. The summed E-state index contributed by atoms with van der Waals surface area (Å²) >= 11 is 0. The number of piperidine rings is 1. The second kappa shape index (κ2) is 14.8. The molecule has 1 fully saturated rings. The largest absolute Gasteiger partial charge is 0.476 e. The van der Waals surface area contributed by atoms with Gasteiger partial charge >= 0.3 is 18.4 Å². The predicted octanol–water partition coefficient (Wildman–Crippen LogP) is 6.77. The zero-order valence-electron chi connectivity index (χ0n) is 29.8. The van der Waals surface area contributed by atoms with Gasteiger partial charge in [-0.2, -0.15) is 13.2 Å². The van der Waals surface area contributed by atoms with Crippen LogP contribution in [0, 0.1) is 0 Å². The number of carbonyl (C=O) groups is 4. The molecule has 4 rings (SSSR count). The zero-order valence-corrected chi connectivity index (χ0v) is 29.8. The van der Waals surface area contributed by atoms with Crippen molar-refractivity contribution in [3.63, 3.8) is 0 Å². The van der Waals surface area contributed by atoms with Gasteiger partial charge < -0.3 is 34.2 Å². The van der Waals surface area contributed by atoms with Crippen molar-refractivity contribution < 1.29 is 46.6 Å². The van der Waals surface area contributed by atoms with E-state index in [1.54, 1.807) is 65.8 Å². The highest BCUT2D eigenvalue weighted by Crippen LogP contribution is 2.44. The molecule has 0 unspecified atom stereocenters. The van der Waals surface area contributed by atoms with E-state index in [1.807, 2.05) is 6.07 Å².